The maximum Gasteiger partial charge on any atom is 0.573 e. The van der Waals surface area contributed by atoms with Crippen LogP contribution in [0.2, 0.25) is 0 Å². The van der Waals surface area contributed by atoms with Gasteiger partial charge >= 0.3 is 6.36 Å². The van der Waals surface area contributed by atoms with Crippen LogP contribution in [0.15, 0.2) is 24.3 Å². The molecule has 2 nitrogen and oxygen atoms in total. The van der Waals surface area contributed by atoms with E-state index in [9.17, 15) is 13.2 Å². The Bertz CT molecular complexity index is 326. The normalized spacial score (nSPS) is 11.3. The fourth-order valence-electron chi connectivity index (χ4n) is 1.22. The number of halogens is 3. The van der Waals surface area contributed by atoms with Gasteiger partial charge in [-0.25, -0.2) is 0 Å². The van der Waals surface area contributed by atoms with Gasteiger partial charge in [0.2, 0.25) is 0 Å². The second-order valence-corrected chi connectivity index (χ2v) is 4.33. The zero-order chi connectivity index (χ0) is 12.7. The van der Waals surface area contributed by atoms with E-state index in [1.807, 2.05) is 6.26 Å². The number of ether oxygens (including phenoxy) is 1. The molecular weight excluding hydrogens is 251 g/mol. The van der Waals surface area contributed by atoms with Gasteiger partial charge in [0, 0.05) is 12.2 Å². The van der Waals surface area contributed by atoms with Gasteiger partial charge in [0.15, 0.2) is 0 Å². The number of alkyl halides is 3. The van der Waals surface area contributed by atoms with E-state index in [4.69, 9.17) is 0 Å². The van der Waals surface area contributed by atoms with Crippen molar-refractivity contribution in [2.75, 3.05) is 23.9 Å². The van der Waals surface area contributed by atoms with Gasteiger partial charge in [-0.2, -0.15) is 11.8 Å². The average molecular weight is 265 g/mol. The zero-order valence-corrected chi connectivity index (χ0v) is 10.2. The number of nitrogens with one attached hydrogen (secondary N) is 1. The Labute approximate surface area is 103 Å². The molecule has 0 bridgehead atoms. The molecule has 0 unspecified atom stereocenters. The summed E-state index contributed by atoms with van der Waals surface area (Å²) in [5.74, 6) is 0.856. The van der Waals surface area contributed by atoms with Gasteiger partial charge in [0.05, 0.1) is 0 Å². The molecule has 0 heterocycles. The molecule has 1 rings (SSSR count). The first kappa shape index (κ1) is 14.0. The maximum atomic E-state index is 11.9. The van der Waals surface area contributed by atoms with E-state index in [-0.39, 0.29) is 5.75 Å². The minimum atomic E-state index is -4.63. The fourth-order valence-corrected chi connectivity index (χ4v) is 1.66. The van der Waals surface area contributed by atoms with E-state index >= 15 is 0 Å². The first-order chi connectivity index (χ1) is 8.01. The maximum absolute atomic E-state index is 11.9. The molecule has 0 aliphatic heterocycles. The van der Waals surface area contributed by atoms with Crippen molar-refractivity contribution in [2.45, 2.75) is 12.8 Å². The molecule has 0 fully saturated rings. The highest BCUT2D eigenvalue weighted by Gasteiger charge is 2.30. The van der Waals surface area contributed by atoms with Crippen molar-refractivity contribution in [2.24, 2.45) is 0 Å². The van der Waals surface area contributed by atoms with Crippen LogP contribution in [0.4, 0.5) is 18.9 Å². The third-order valence-corrected chi connectivity index (χ3v) is 2.64. The molecule has 1 aromatic carbocycles. The second kappa shape index (κ2) is 6.64. The summed E-state index contributed by atoms with van der Waals surface area (Å²) in [6, 6.07) is 5.73. The zero-order valence-electron chi connectivity index (χ0n) is 9.38. The summed E-state index contributed by atoms with van der Waals surface area (Å²) in [7, 11) is 0. The third-order valence-electron chi connectivity index (χ3n) is 1.94. The number of hydrogen-bond donors (Lipinski definition) is 1. The highest BCUT2D eigenvalue weighted by atomic mass is 32.2. The lowest BCUT2D eigenvalue weighted by atomic mass is 10.3. The van der Waals surface area contributed by atoms with Crippen LogP contribution in [-0.2, 0) is 0 Å². The molecule has 0 aromatic heterocycles. The summed E-state index contributed by atoms with van der Waals surface area (Å²) in [6.07, 6.45) is -1.58. The summed E-state index contributed by atoms with van der Waals surface area (Å²) in [5.41, 5.74) is 0.792. The number of thioether (sulfide) groups is 1. The molecule has 17 heavy (non-hydrogen) atoms. The smallest absolute Gasteiger partial charge is 0.406 e. The molecule has 1 aromatic rings. The second-order valence-electron chi connectivity index (χ2n) is 3.35. The van der Waals surface area contributed by atoms with E-state index in [0.717, 1.165) is 24.4 Å². The van der Waals surface area contributed by atoms with Crippen molar-refractivity contribution in [3.8, 4) is 5.75 Å². The minimum Gasteiger partial charge on any atom is -0.406 e. The van der Waals surface area contributed by atoms with Crippen LogP contribution in [-0.4, -0.2) is 24.9 Å². The van der Waals surface area contributed by atoms with Crippen LogP contribution in [0.25, 0.3) is 0 Å². The number of hydrogen-bond acceptors (Lipinski definition) is 3. The Morgan fingerprint density at radius 1 is 1.24 bits per heavy atom. The largest absolute Gasteiger partial charge is 0.573 e. The van der Waals surface area contributed by atoms with Gasteiger partial charge in [-0.3, -0.25) is 0 Å². The molecule has 96 valence electrons. The summed E-state index contributed by atoms with van der Waals surface area (Å²) in [6.45, 7) is 0.806. The Morgan fingerprint density at radius 3 is 2.41 bits per heavy atom. The van der Waals surface area contributed by atoms with E-state index < -0.39 is 6.36 Å². The lowest BCUT2D eigenvalue weighted by Crippen LogP contribution is -2.17. The van der Waals surface area contributed by atoms with E-state index in [1.165, 1.54) is 12.1 Å². The lowest BCUT2D eigenvalue weighted by Gasteiger charge is -2.10. The number of rotatable bonds is 6. The van der Waals surface area contributed by atoms with Crippen LogP contribution in [0.5, 0.6) is 5.75 Å². The van der Waals surface area contributed by atoms with Crippen molar-refractivity contribution in [1.29, 1.82) is 0 Å². The highest BCUT2D eigenvalue weighted by Crippen LogP contribution is 2.23. The molecule has 0 atom stereocenters. The van der Waals surface area contributed by atoms with Gasteiger partial charge < -0.3 is 10.1 Å². The molecule has 1 N–H and O–H groups in total. The van der Waals surface area contributed by atoms with Crippen LogP contribution in [0, 0.1) is 0 Å². The standard InChI is InChI=1S/C11H14F3NOS/c1-17-8-2-7-15-9-3-5-10(6-4-9)16-11(12,13)14/h3-6,15H,2,7-8H2,1H3. The van der Waals surface area contributed by atoms with Crippen molar-refractivity contribution in [1.82, 2.24) is 0 Å². The Balaban J connectivity index is 2.39. The van der Waals surface area contributed by atoms with Crippen molar-refractivity contribution >= 4 is 17.4 Å². The lowest BCUT2D eigenvalue weighted by molar-refractivity contribution is -0.274. The Hall–Kier alpha value is -1.04. The first-order valence-electron chi connectivity index (χ1n) is 5.10. The molecule has 0 saturated heterocycles. The summed E-state index contributed by atoms with van der Waals surface area (Å²) < 4.78 is 39.4. The van der Waals surface area contributed by atoms with Gasteiger partial charge in [-0.05, 0) is 42.7 Å². The topological polar surface area (TPSA) is 21.3 Å². The number of benzene rings is 1. The van der Waals surface area contributed by atoms with Crippen molar-refractivity contribution in [3.63, 3.8) is 0 Å². The molecule has 0 spiro atoms. The Morgan fingerprint density at radius 2 is 1.88 bits per heavy atom. The van der Waals surface area contributed by atoms with E-state index in [1.54, 1.807) is 23.9 Å². The van der Waals surface area contributed by atoms with Crippen molar-refractivity contribution < 1.29 is 17.9 Å². The predicted molar refractivity (Wildman–Crippen MR) is 64.6 cm³/mol. The Kier molecular flexibility index (Phi) is 5.47. The number of anilines is 1. The summed E-state index contributed by atoms with van der Waals surface area (Å²) in [5, 5.41) is 3.12. The summed E-state index contributed by atoms with van der Waals surface area (Å²) >= 11 is 1.76. The molecule has 0 amide bonds. The highest BCUT2D eigenvalue weighted by molar-refractivity contribution is 7.98. The first-order valence-corrected chi connectivity index (χ1v) is 6.49. The van der Waals surface area contributed by atoms with Gasteiger partial charge in [0.1, 0.15) is 5.75 Å². The van der Waals surface area contributed by atoms with Crippen molar-refractivity contribution in [3.05, 3.63) is 24.3 Å². The van der Waals surface area contributed by atoms with Gasteiger partial charge in [0.25, 0.3) is 0 Å². The minimum absolute atomic E-state index is 0.202. The van der Waals surface area contributed by atoms with Crippen LogP contribution >= 0.6 is 11.8 Å². The molecule has 6 heteroatoms. The molecule has 0 aliphatic carbocycles. The van der Waals surface area contributed by atoms with E-state index in [2.05, 4.69) is 10.1 Å². The van der Waals surface area contributed by atoms with Crippen LogP contribution in [0.3, 0.4) is 0 Å². The van der Waals surface area contributed by atoms with Gasteiger partial charge in [-0.1, -0.05) is 0 Å². The summed E-state index contributed by atoms with van der Waals surface area (Å²) in [4.78, 5) is 0. The molecule has 0 radical (unpaired) electrons. The van der Waals surface area contributed by atoms with Crippen LogP contribution in [0.1, 0.15) is 6.42 Å². The molecular formula is C11H14F3NOS. The third kappa shape index (κ3) is 6.31. The monoisotopic (exact) mass is 265 g/mol. The predicted octanol–water partition coefficient (Wildman–Crippen LogP) is 3.75. The fraction of sp³-hybridized carbons (Fsp3) is 0.455. The molecule has 0 aliphatic rings. The quantitative estimate of drug-likeness (QED) is 0.791. The SMILES string of the molecule is CSCCCNc1ccc(OC(F)(F)F)cc1. The van der Waals surface area contributed by atoms with Gasteiger partial charge in [-0.15, -0.1) is 13.2 Å². The average Bonchev–Trinajstić information content (AvgIpc) is 2.25. The molecule has 0 saturated carbocycles. The van der Waals surface area contributed by atoms with Crippen LogP contribution < -0.4 is 10.1 Å². The van der Waals surface area contributed by atoms with E-state index in [0.29, 0.717) is 0 Å².